The number of ether oxygens (including phenoxy) is 16. The van der Waals surface area contributed by atoms with Gasteiger partial charge in [0.25, 0.3) is 0 Å². The van der Waals surface area contributed by atoms with Crippen LogP contribution in [0.5, 0.6) is 46.0 Å². The van der Waals surface area contributed by atoms with Gasteiger partial charge in [-0.2, -0.15) is 0 Å². The van der Waals surface area contributed by atoms with Crippen LogP contribution in [-0.4, -0.2) is 250 Å². The molecule has 144 heavy (non-hydrogen) atoms. The molecule has 20 rings (SSSR count). The number of aromatic nitrogens is 4. The highest BCUT2D eigenvalue weighted by Crippen LogP contribution is 2.60. The van der Waals surface area contributed by atoms with Gasteiger partial charge in [0.15, 0.2) is 0 Å². The van der Waals surface area contributed by atoms with Gasteiger partial charge >= 0.3 is 48.3 Å². The van der Waals surface area contributed by atoms with Gasteiger partial charge in [-0.05, 0) is 207 Å². The number of pyridine rings is 4. The molecular formula is C108H134Cl2N8O26. The van der Waals surface area contributed by atoms with Crippen molar-refractivity contribution in [3.8, 4) is 46.0 Å². The predicted octanol–water partition coefficient (Wildman–Crippen LogP) is 19.5. The van der Waals surface area contributed by atoms with Crippen molar-refractivity contribution >= 4 is 115 Å². The maximum atomic E-state index is 13.1. The van der Waals surface area contributed by atoms with Crippen LogP contribution >= 0.6 is 23.2 Å². The van der Waals surface area contributed by atoms with E-state index in [2.05, 4.69) is 0 Å². The van der Waals surface area contributed by atoms with Gasteiger partial charge in [0, 0.05) is 119 Å². The second-order valence-electron chi connectivity index (χ2n) is 44.3. The number of halogens is 2. The Kier molecular flexibility index (Phi) is 28.8. The molecule has 12 heterocycles. The number of methoxy groups -OCH3 is 8. The Morgan fingerprint density at radius 3 is 0.722 bits per heavy atom. The highest BCUT2D eigenvalue weighted by molar-refractivity contribution is 6.23. The summed E-state index contributed by atoms with van der Waals surface area (Å²) in [6.07, 6.45) is 10.8. The van der Waals surface area contributed by atoms with Crippen molar-refractivity contribution in [2.75, 3.05) is 83.1 Å². The van der Waals surface area contributed by atoms with Gasteiger partial charge in [-0.25, -0.2) is 58.3 Å². The van der Waals surface area contributed by atoms with E-state index in [0.717, 1.165) is 166 Å². The van der Waals surface area contributed by atoms with E-state index in [1.54, 1.807) is 112 Å². The highest BCUT2D eigenvalue weighted by atomic mass is 35.5. The maximum Gasteiger partial charge on any atom is 0.411 e. The molecule has 4 saturated carbocycles. The molecule has 8 aromatic rings. The van der Waals surface area contributed by atoms with E-state index >= 15 is 0 Å². The first-order chi connectivity index (χ1) is 68.2. The Labute approximate surface area is 848 Å². The lowest BCUT2D eigenvalue weighted by atomic mass is 9.79. The molecule has 4 unspecified atom stereocenters. The fourth-order valence-electron chi connectivity index (χ4n) is 22.0. The minimum Gasteiger partial charge on any atom is -0.497 e. The number of rotatable bonds is 12. The molecule has 2 N–H and O–H groups in total. The van der Waals surface area contributed by atoms with Crippen molar-refractivity contribution in [1.82, 2.24) is 39.5 Å². The van der Waals surface area contributed by atoms with Crippen molar-refractivity contribution in [3.05, 3.63) is 118 Å². The Balaban J connectivity index is 0.000000132. The number of aliphatic hydroxyl groups excluding tert-OH is 2. The van der Waals surface area contributed by atoms with Gasteiger partial charge in [0.2, 0.25) is 0 Å². The molecule has 4 aromatic heterocycles. The van der Waals surface area contributed by atoms with E-state index in [9.17, 15) is 48.6 Å². The number of likely N-dealkylation sites (tertiary alicyclic amines) is 4. The quantitative estimate of drug-likeness (QED) is 0.0651. The summed E-state index contributed by atoms with van der Waals surface area (Å²) in [6.45, 7) is 21.9. The number of carbonyl (C=O) groups is 8. The van der Waals surface area contributed by atoms with E-state index in [0.29, 0.717) is 70.3 Å². The number of nitrogens with zero attached hydrogens (tertiary/aromatic N) is 8. The summed E-state index contributed by atoms with van der Waals surface area (Å²) in [5.74, 6) is 4.25. The van der Waals surface area contributed by atoms with E-state index < -0.39 is 140 Å². The molecule has 36 heteroatoms. The Bertz CT molecular complexity index is 5570. The summed E-state index contributed by atoms with van der Waals surface area (Å²) in [5.41, 5.74) is 3.39. The van der Waals surface area contributed by atoms with Crippen molar-refractivity contribution in [2.45, 2.75) is 327 Å². The molecule has 0 bridgehead atoms. The van der Waals surface area contributed by atoms with Crippen molar-refractivity contribution < 1.29 is 124 Å². The van der Waals surface area contributed by atoms with Gasteiger partial charge in [0.1, 0.15) is 115 Å². The summed E-state index contributed by atoms with van der Waals surface area (Å²) >= 11 is 14.2. The number of alkyl halides is 2. The second kappa shape index (κ2) is 40.0. The van der Waals surface area contributed by atoms with E-state index in [1.807, 2.05) is 72.8 Å². The number of fused-ring (bicyclic) bond motifs is 12. The molecule has 34 nitrogen and oxygen atoms in total. The number of hydrogen-bond acceptors (Lipinski definition) is 30. The van der Waals surface area contributed by atoms with Gasteiger partial charge in [-0.15, -0.1) is 23.2 Å². The molecule has 4 spiro atoms. The molecule has 4 saturated heterocycles. The summed E-state index contributed by atoms with van der Waals surface area (Å²) in [4.78, 5) is 129. The lowest BCUT2D eigenvalue weighted by Gasteiger charge is -2.40. The average Bonchev–Trinajstić information content (AvgIpc) is 1.48. The molecule has 8 fully saturated rings. The van der Waals surface area contributed by atoms with E-state index in [1.165, 1.54) is 48.0 Å². The molecular weight excluding hydrogens is 1900 g/mol. The van der Waals surface area contributed by atoms with Crippen LogP contribution in [0.2, 0.25) is 0 Å². The second-order valence-corrected chi connectivity index (χ2v) is 45.4. The standard InChI is InChI=1S/2C27H33ClN2O6.2C27H34N2O7/c2*1-26(2,3)36-25(32)30-14-27(13-20(30)24(31)34-5)12-18(28)21-17-11-16(33-4)9-10-19(17)29-22(23(21)35-27)15-7-6-8-15;2*1-26(2,3)36-25(32)29-14-27(12-19(29)24(31)34-5)13-20(30)21-17-11-16(33-4)9-10-18(17)28-22(23(21)35-27)15-7-6-8-15/h2*9-11,15,18,20H,6-8,12-14H2,1-5H3;2*9-11,15,19-20,30H,6-8,12-14H2,1-5H3/t18?,20-,27+;18?,20-,27-;19-,20?,27+;19-,20?,27-/m0000/s1. The van der Waals surface area contributed by atoms with Crippen LogP contribution in [0.3, 0.4) is 0 Å². The molecule has 776 valence electrons. The van der Waals surface area contributed by atoms with Crippen LogP contribution in [0.4, 0.5) is 19.2 Å². The first-order valence-corrected chi connectivity index (χ1v) is 50.8. The number of esters is 4. The first kappa shape index (κ1) is 104. The summed E-state index contributed by atoms with van der Waals surface area (Å²) in [5, 5.41) is 25.6. The third-order valence-electron chi connectivity index (χ3n) is 29.6. The number of aliphatic hydroxyl groups is 2. The van der Waals surface area contributed by atoms with Crippen LogP contribution in [0.25, 0.3) is 43.6 Å². The Morgan fingerprint density at radius 2 is 0.528 bits per heavy atom. The SMILES string of the molecule is COC(=O)[C@@H]1C[C@@]2(CC(Cl)c3c(c(C4CCC4)nc4ccc(OC)cc34)O2)CN1C(=O)OC(C)(C)C.COC(=O)[C@@H]1C[C@@]2(CC(O)c3c(c(C4CCC4)nc4ccc(OC)cc34)O2)CN1C(=O)OC(C)(C)C.COC(=O)[C@@H]1C[C@]2(CC(Cl)c3c(c(C4CCC4)nc4ccc(OC)cc34)O2)CN1C(=O)OC(C)(C)C.COC(=O)[C@@H]1C[C@]2(CC(O)c3c(c(C4CCC4)nc4ccc(OC)cc34)O2)CN1C(=O)OC(C)(C)C. The highest BCUT2D eigenvalue weighted by Gasteiger charge is 2.62. The predicted molar refractivity (Wildman–Crippen MR) is 532 cm³/mol. The third-order valence-corrected chi connectivity index (χ3v) is 30.4. The van der Waals surface area contributed by atoms with Crippen LogP contribution in [-0.2, 0) is 57.1 Å². The number of benzene rings is 4. The van der Waals surface area contributed by atoms with E-state index in [4.69, 9.17) is 119 Å². The fraction of sp³-hybridized carbons (Fsp3) is 0.593. The normalized spacial score (nSPS) is 25.8. The minimum absolute atomic E-state index is 0.0957. The van der Waals surface area contributed by atoms with Crippen LogP contribution in [0, 0.1) is 0 Å². The van der Waals surface area contributed by atoms with E-state index in [-0.39, 0.29) is 76.5 Å². The summed E-state index contributed by atoms with van der Waals surface area (Å²) in [6, 6.07) is 19.5. The molecule has 8 aliphatic heterocycles. The minimum atomic E-state index is -0.977. The van der Waals surface area contributed by atoms with Gasteiger partial charge in [-0.1, -0.05) is 25.7 Å². The van der Waals surface area contributed by atoms with Crippen molar-refractivity contribution in [2.24, 2.45) is 0 Å². The molecule has 4 aromatic carbocycles. The summed E-state index contributed by atoms with van der Waals surface area (Å²) < 4.78 is 91.4. The van der Waals surface area contributed by atoms with Gasteiger partial charge in [0.05, 0.1) is 151 Å². The maximum absolute atomic E-state index is 13.1. The molecule has 4 aliphatic carbocycles. The monoisotopic (exact) mass is 2030 g/mol. The van der Waals surface area contributed by atoms with Crippen LogP contribution in [0.15, 0.2) is 72.8 Å². The molecule has 12 atom stereocenters. The zero-order valence-corrected chi connectivity index (χ0v) is 87.4. The van der Waals surface area contributed by atoms with Gasteiger partial charge < -0.3 is 86.0 Å². The molecule has 0 radical (unpaired) electrons. The fourth-order valence-corrected chi connectivity index (χ4v) is 23.0. The number of carbonyl (C=O) groups excluding carboxylic acids is 8. The number of hydrogen-bond donors (Lipinski definition) is 2. The topological polar surface area (TPSA) is 389 Å². The molecule has 4 amide bonds. The van der Waals surface area contributed by atoms with Crippen LogP contribution in [0.1, 0.15) is 303 Å². The van der Waals surface area contributed by atoms with Gasteiger partial charge in [-0.3, -0.25) is 19.6 Å². The van der Waals surface area contributed by atoms with Crippen molar-refractivity contribution in [1.29, 1.82) is 0 Å². The smallest absolute Gasteiger partial charge is 0.411 e. The average molecular weight is 2030 g/mol. The lowest BCUT2D eigenvalue weighted by molar-refractivity contribution is -0.146. The number of amides is 4. The lowest BCUT2D eigenvalue weighted by Crippen LogP contribution is -2.46. The Hall–Kier alpha value is -11.6. The van der Waals surface area contributed by atoms with Crippen LogP contribution < -0.4 is 37.9 Å². The first-order valence-electron chi connectivity index (χ1n) is 49.9. The zero-order chi connectivity index (χ0) is 103. The largest absolute Gasteiger partial charge is 0.497 e. The summed E-state index contributed by atoms with van der Waals surface area (Å²) in [7, 11) is 11.7. The Morgan fingerprint density at radius 1 is 0.319 bits per heavy atom. The molecule has 12 aliphatic rings. The van der Waals surface area contributed by atoms with Crippen molar-refractivity contribution in [3.63, 3.8) is 0 Å². The third kappa shape index (κ3) is 20.7. The zero-order valence-electron chi connectivity index (χ0n) is 85.9.